The average Bonchev–Trinajstić information content (AvgIpc) is 3.33. The molecule has 1 amide bonds. The first-order chi connectivity index (χ1) is 15.4. The van der Waals surface area contributed by atoms with Gasteiger partial charge in [-0.15, -0.1) is 0 Å². The van der Waals surface area contributed by atoms with Crippen LogP contribution in [0.3, 0.4) is 0 Å². The highest BCUT2D eigenvalue weighted by Crippen LogP contribution is 2.45. The van der Waals surface area contributed by atoms with Gasteiger partial charge in [0.15, 0.2) is 0 Å². The quantitative estimate of drug-likeness (QED) is 0.332. The zero-order valence-electron chi connectivity index (χ0n) is 17.7. The zero-order valence-corrected chi connectivity index (χ0v) is 17.7. The molecule has 0 saturated carbocycles. The van der Waals surface area contributed by atoms with Gasteiger partial charge in [0.2, 0.25) is 0 Å². The molecular formula is C25H23NO6. The Bertz CT molecular complexity index is 1210. The molecule has 1 aliphatic heterocycles. The van der Waals surface area contributed by atoms with E-state index in [1.165, 1.54) is 12.1 Å². The Morgan fingerprint density at radius 1 is 1.09 bits per heavy atom. The number of para-hydroxylation sites is 2. The highest BCUT2D eigenvalue weighted by atomic mass is 16.5. The monoisotopic (exact) mass is 433 g/mol. The molecule has 3 aromatic rings. The first-order valence-electron chi connectivity index (χ1n) is 10.3. The molecule has 1 saturated heterocycles. The van der Waals surface area contributed by atoms with Gasteiger partial charge in [0, 0.05) is 5.56 Å². The predicted molar refractivity (Wildman–Crippen MR) is 119 cm³/mol. The van der Waals surface area contributed by atoms with Crippen molar-refractivity contribution in [3.8, 4) is 11.5 Å². The highest BCUT2D eigenvalue weighted by molar-refractivity contribution is 6.51. The van der Waals surface area contributed by atoms with Gasteiger partial charge in [0.25, 0.3) is 11.7 Å². The minimum Gasteiger partial charge on any atom is -0.507 e. The lowest BCUT2D eigenvalue weighted by molar-refractivity contribution is -0.132. The van der Waals surface area contributed by atoms with E-state index in [4.69, 9.17) is 9.15 Å². The summed E-state index contributed by atoms with van der Waals surface area (Å²) in [6.45, 7) is 4.23. The molecular weight excluding hydrogens is 410 g/mol. The standard InChI is InChI=1S/C25H23NO6/c1-3-13-31-17-8-6-7-16(14-17)23(28)21-22(20-12-11-15(2)32-20)26(25(30)24(21)29)18-9-4-5-10-19(18)27/h4-12,14,22,27-28H,3,13H2,1-2H3/b23-21-. The number of aromatic hydroxyl groups is 1. The fourth-order valence-corrected chi connectivity index (χ4v) is 3.73. The molecule has 2 heterocycles. The third-order valence-electron chi connectivity index (χ3n) is 5.20. The van der Waals surface area contributed by atoms with Crippen LogP contribution in [0.2, 0.25) is 0 Å². The molecule has 4 rings (SSSR count). The van der Waals surface area contributed by atoms with Crippen LogP contribution in [-0.2, 0) is 9.59 Å². The maximum atomic E-state index is 13.1. The van der Waals surface area contributed by atoms with E-state index in [9.17, 15) is 19.8 Å². The van der Waals surface area contributed by atoms with E-state index in [1.807, 2.05) is 6.92 Å². The van der Waals surface area contributed by atoms with E-state index < -0.39 is 17.7 Å². The van der Waals surface area contributed by atoms with Crippen molar-refractivity contribution in [2.24, 2.45) is 0 Å². The van der Waals surface area contributed by atoms with Gasteiger partial charge >= 0.3 is 0 Å². The minimum absolute atomic E-state index is 0.125. The number of carbonyl (C=O) groups is 2. The number of anilines is 1. The number of carbonyl (C=O) groups excluding carboxylic acids is 2. The molecule has 7 heteroatoms. The van der Waals surface area contributed by atoms with E-state index in [-0.39, 0.29) is 22.8 Å². The number of ketones is 1. The summed E-state index contributed by atoms with van der Waals surface area (Å²) in [5, 5.41) is 21.5. The fraction of sp³-hybridized carbons (Fsp3) is 0.200. The maximum absolute atomic E-state index is 13.1. The third-order valence-corrected chi connectivity index (χ3v) is 5.20. The number of aryl methyl sites for hydroxylation is 1. The largest absolute Gasteiger partial charge is 0.507 e. The van der Waals surface area contributed by atoms with Crippen molar-refractivity contribution in [3.63, 3.8) is 0 Å². The number of furan rings is 1. The molecule has 2 N–H and O–H groups in total. The van der Waals surface area contributed by atoms with Crippen molar-refractivity contribution in [2.45, 2.75) is 26.3 Å². The molecule has 1 fully saturated rings. The topological polar surface area (TPSA) is 100 Å². The number of hydrogen-bond donors (Lipinski definition) is 2. The molecule has 164 valence electrons. The van der Waals surface area contributed by atoms with E-state index >= 15 is 0 Å². The summed E-state index contributed by atoms with van der Waals surface area (Å²) in [7, 11) is 0. The number of hydrogen-bond acceptors (Lipinski definition) is 6. The van der Waals surface area contributed by atoms with Gasteiger partial charge in [-0.2, -0.15) is 0 Å². The van der Waals surface area contributed by atoms with Crippen LogP contribution in [0.1, 0.15) is 36.5 Å². The number of amides is 1. The summed E-state index contributed by atoms with van der Waals surface area (Å²) in [6.07, 6.45) is 0.819. The van der Waals surface area contributed by atoms with Crippen LogP contribution in [0.25, 0.3) is 5.76 Å². The lowest BCUT2D eigenvalue weighted by Gasteiger charge is -2.24. The summed E-state index contributed by atoms with van der Waals surface area (Å²) in [4.78, 5) is 27.3. The van der Waals surface area contributed by atoms with Gasteiger partial charge in [-0.1, -0.05) is 31.2 Å². The van der Waals surface area contributed by atoms with Gasteiger partial charge in [-0.05, 0) is 49.7 Å². The number of Topliss-reactive ketones (excluding diaryl/α,β-unsaturated/α-hetero) is 1. The van der Waals surface area contributed by atoms with Crippen LogP contribution in [-0.4, -0.2) is 28.5 Å². The van der Waals surface area contributed by atoms with Crippen LogP contribution < -0.4 is 9.64 Å². The van der Waals surface area contributed by atoms with Crippen molar-refractivity contribution >= 4 is 23.1 Å². The number of phenolic OH excluding ortho intramolecular Hbond substituents is 1. The third kappa shape index (κ3) is 3.73. The highest BCUT2D eigenvalue weighted by Gasteiger charge is 2.49. The maximum Gasteiger partial charge on any atom is 0.300 e. The average molecular weight is 433 g/mol. The SMILES string of the molecule is CCCOc1cccc(/C(O)=C2/C(=O)C(=O)N(c3ccccc3O)C2c2ccc(C)o2)c1. The van der Waals surface area contributed by atoms with Crippen molar-refractivity contribution in [1.82, 2.24) is 0 Å². The Morgan fingerprint density at radius 3 is 2.56 bits per heavy atom. The van der Waals surface area contributed by atoms with Gasteiger partial charge < -0.3 is 19.4 Å². The number of rotatable bonds is 6. The summed E-state index contributed by atoms with van der Waals surface area (Å²) in [6, 6.07) is 15.2. The number of aliphatic hydroxyl groups is 1. The Balaban J connectivity index is 1.89. The lowest BCUT2D eigenvalue weighted by Crippen LogP contribution is -2.29. The molecule has 7 nitrogen and oxygen atoms in total. The zero-order chi connectivity index (χ0) is 22.8. The van der Waals surface area contributed by atoms with E-state index in [0.29, 0.717) is 29.4 Å². The van der Waals surface area contributed by atoms with Crippen LogP contribution in [0.15, 0.2) is 70.7 Å². The second-order valence-corrected chi connectivity index (χ2v) is 7.48. The second-order valence-electron chi connectivity index (χ2n) is 7.48. The van der Waals surface area contributed by atoms with Gasteiger partial charge in [-0.3, -0.25) is 14.5 Å². The molecule has 1 aromatic heterocycles. The Labute approximate surface area is 185 Å². The number of ether oxygens (including phenoxy) is 1. The first-order valence-corrected chi connectivity index (χ1v) is 10.3. The molecule has 1 atom stereocenters. The summed E-state index contributed by atoms with van der Waals surface area (Å²) >= 11 is 0. The second kappa shape index (κ2) is 8.63. The Morgan fingerprint density at radius 2 is 1.88 bits per heavy atom. The molecule has 32 heavy (non-hydrogen) atoms. The molecule has 1 unspecified atom stereocenters. The van der Waals surface area contributed by atoms with Crippen LogP contribution in [0.5, 0.6) is 11.5 Å². The Hall–Kier alpha value is -4.00. The van der Waals surface area contributed by atoms with E-state index in [2.05, 4.69) is 0 Å². The molecule has 2 aromatic carbocycles. The van der Waals surface area contributed by atoms with Crippen LogP contribution in [0, 0.1) is 6.92 Å². The predicted octanol–water partition coefficient (Wildman–Crippen LogP) is 4.71. The van der Waals surface area contributed by atoms with Crippen LogP contribution in [0.4, 0.5) is 5.69 Å². The molecule has 0 spiro atoms. The molecule has 0 bridgehead atoms. The molecule has 1 aliphatic rings. The number of aliphatic hydroxyl groups excluding tert-OH is 1. The van der Waals surface area contributed by atoms with Gasteiger partial charge in [-0.25, -0.2) is 0 Å². The number of nitrogens with zero attached hydrogens (tertiary/aromatic N) is 1. The lowest BCUT2D eigenvalue weighted by atomic mass is 9.99. The summed E-state index contributed by atoms with van der Waals surface area (Å²) < 4.78 is 11.4. The van der Waals surface area contributed by atoms with Crippen molar-refractivity contribution in [2.75, 3.05) is 11.5 Å². The van der Waals surface area contributed by atoms with E-state index in [1.54, 1.807) is 55.5 Å². The number of benzene rings is 2. The van der Waals surface area contributed by atoms with Crippen molar-refractivity contribution in [3.05, 3.63) is 83.3 Å². The van der Waals surface area contributed by atoms with Gasteiger partial charge in [0.1, 0.15) is 34.8 Å². The van der Waals surface area contributed by atoms with Crippen molar-refractivity contribution < 1.29 is 29.0 Å². The summed E-state index contributed by atoms with van der Waals surface area (Å²) in [5.41, 5.74) is 0.357. The molecule has 0 radical (unpaired) electrons. The van der Waals surface area contributed by atoms with Crippen molar-refractivity contribution in [1.29, 1.82) is 0 Å². The summed E-state index contributed by atoms with van der Waals surface area (Å²) in [5.74, 6) is -0.839. The van der Waals surface area contributed by atoms with Crippen LogP contribution >= 0.6 is 0 Å². The number of phenols is 1. The normalized spacial score (nSPS) is 17.7. The van der Waals surface area contributed by atoms with Gasteiger partial charge in [0.05, 0.1) is 17.9 Å². The fourth-order valence-electron chi connectivity index (χ4n) is 3.73. The minimum atomic E-state index is -1.04. The smallest absolute Gasteiger partial charge is 0.300 e. The van der Waals surface area contributed by atoms with E-state index in [0.717, 1.165) is 11.3 Å². The molecule has 0 aliphatic carbocycles. The first kappa shape index (κ1) is 21.2. The Kier molecular flexibility index (Phi) is 5.73.